The smallest absolute Gasteiger partial charge is 0.406 e. The fourth-order valence-electron chi connectivity index (χ4n) is 3.66. The van der Waals surface area contributed by atoms with E-state index in [0.717, 1.165) is 10.6 Å². The molecule has 1 aromatic heterocycles. The van der Waals surface area contributed by atoms with Gasteiger partial charge in [0, 0.05) is 18.2 Å². The predicted octanol–water partition coefficient (Wildman–Crippen LogP) is 0.522. The van der Waals surface area contributed by atoms with Crippen molar-refractivity contribution in [1.82, 2.24) is 14.6 Å². The summed E-state index contributed by atoms with van der Waals surface area (Å²) in [6.07, 6.45) is -1.74. The highest BCUT2D eigenvalue weighted by molar-refractivity contribution is 7.51. The monoisotopic (exact) mass is 475 g/mol. The van der Waals surface area contributed by atoms with Crippen LogP contribution in [0.3, 0.4) is 0 Å². The maximum absolute atomic E-state index is 13.2. The van der Waals surface area contributed by atoms with Crippen molar-refractivity contribution in [2.45, 2.75) is 64.7 Å². The number of carbonyl (C=O) groups is 1. The zero-order valence-corrected chi connectivity index (χ0v) is 19.3. The number of aromatic amines is 1. The number of fused-ring (bicyclic) bond motifs is 1. The lowest BCUT2D eigenvalue weighted by molar-refractivity contribution is -0.150. The molecule has 32 heavy (non-hydrogen) atoms. The fraction of sp³-hybridized carbons (Fsp3) is 0.737. The first kappa shape index (κ1) is 24.8. The highest BCUT2D eigenvalue weighted by Gasteiger charge is 2.49. The quantitative estimate of drug-likeness (QED) is 0.375. The number of esters is 1. The molecule has 0 bridgehead atoms. The molecule has 0 saturated carbocycles. The van der Waals surface area contributed by atoms with E-state index in [1.54, 1.807) is 13.8 Å². The topological polar surface area (TPSA) is 158 Å². The molecule has 180 valence electrons. The number of carbonyl (C=O) groups excluding carboxylic acids is 1. The Bertz CT molecular complexity index is 975. The van der Waals surface area contributed by atoms with Gasteiger partial charge in [0.15, 0.2) is 6.23 Å². The summed E-state index contributed by atoms with van der Waals surface area (Å²) in [4.78, 5) is 37.9. The summed E-state index contributed by atoms with van der Waals surface area (Å²) in [5, 5.41) is 13.4. The van der Waals surface area contributed by atoms with Gasteiger partial charge >= 0.3 is 19.4 Å². The van der Waals surface area contributed by atoms with Gasteiger partial charge in [0.1, 0.15) is 12.1 Å². The van der Waals surface area contributed by atoms with Crippen LogP contribution in [-0.4, -0.2) is 58.2 Å². The number of hydrogen-bond donors (Lipinski definition) is 3. The second-order valence-electron chi connectivity index (χ2n) is 8.62. The highest BCUT2D eigenvalue weighted by atomic mass is 31.2. The molecule has 3 heterocycles. The van der Waals surface area contributed by atoms with E-state index in [4.69, 9.17) is 18.5 Å². The number of rotatable bonds is 7. The van der Waals surface area contributed by atoms with E-state index in [2.05, 4.69) is 10.1 Å². The van der Waals surface area contributed by atoms with Crippen molar-refractivity contribution < 1.29 is 33.0 Å². The average Bonchev–Trinajstić information content (AvgIpc) is 2.89. The maximum atomic E-state index is 13.2. The number of aromatic nitrogens is 2. The lowest BCUT2D eigenvalue weighted by Crippen LogP contribution is -2.39. The van der Waals surface area contributed by atoms with Gasteiger partial charge in [-0.25, -0.2) is 14.4 Å². The molecule has 3 rings (SSSR count). The molecule has 0 amide bonds. The Kier molecular flexibility index (Phi) is 7.74. The molecule has 0 aromatic carbocycles. The summed E-state index contributed by atoms with van der Waals surface area (Å²) in [7, 11) is -3.91. The molecule has 2 saturated heterocycles. The van der Waals surface area contributed by atoms with Gasteiger partial charge < -0.3 is 14.6 Å². The van der Waals surface area contributed by atoms with Crippen LogP contribution in [0, 0.1) is 11.8 Å². The van der Waals surface area contributed by atoms with E-state index in [9.17, 15) is 24.1 Å². The molecule has 6 atom stereocenters. The molecule has 0 aliphatic carbocycles. The third kappa shape index (κ3) is 5.75. The minimum Gasteiger partial charge on any atom is -0.462 e. The lowest BCUT2D eigenvalue weighted by atomic mass is 9.99. The molecule has 13 heteroatoms. The summed E-state index contributed by atoms with van der Waals surface area (Å²) in [6.45, 7) is 6.86. The van der Waals surface area contributed by atoms with Crippen LogP contribution in [-0.2, 0) is 27.9 Å². The second kappa shape index (κ2) is 9.98. The summed E-state index contributed by atoms with van der Waals surface area (Å²) in [5.41, 5.74) is -1.30. The van der Waals surface area contributed by atoms with Gasteiger partial charge in [-0.1, -0.05) is 13.8 Å². The van der Waals surface area contributed by atoms with Crippen molar-refractivity contribution in [3.63, 3.8) is 0 Å². The van der Waals surface area contributed by atoms with Gasteiger partial charge in [0.25, 0.3) is 5.56 Å². The van der Waals surface area contributed by atoms with Crippen molar-refractivity contribution in [1.29, 1.82) is 0 Å². The van der Waals surface area contributed by atoms with Crippen LogP contribution < -0.4 is 16.3 Å². The number of nitrogens with zero attached hydrogens (tertiary/aromatic N) is 1. The van der Waals surface area contributed by atoms with Gasteiger partial charge in [-0.3, -0.25) is 28.2 Å². The zero-order chi connectivity index (χ0) is 23.6. The van der Waals surface area contributed by atoms with E-state index in [0.29, 0.717) is 6.42 Å². The van der Waals surface area contributed by atoms with E-state index < -0.39 is 55.4 Å². The van der Waals surface area contributed by atoms with Crippen molar-refractivity contribution in [3.05, 3.63) is 33.1 Å². The first-order chi connectivity index (χ1) is 15.0. The summed E-state index contributed by atoms with van der Waals surface area (Å²) in [6, 6.07) is 0.238. The first-order valence-electron chi connectivity index (χ1n) is 10.5. The van der Waals surface area contributed by atoms with Gasteiger partial charge in [0.2, 0.25) is 0 Å². The molecular weight excluding hydrogens is 445 g/mol. The number of aliphatic hydroxyl groups is 1. The number of nitrogens with one attached hydrogen (secondary N) is 2. The first-order valence-corrected chi connectivity index (χ1v) is 12.1. The number of hydrogen-bond acceptors (Lipinski definition) is 9. The van der Waals surface area contributed by atoms with Crippen LogP contribution in [0.4, 0.5) is 0 Å². The van der Waals surface area contributed by atoms with Crippen LogP contribution in [0.1, 0.15) is 40.3 Å². The van der Waals surface area contributed by atoms with E-state index in [-0.39, 0.29) is 25.2 Å². The average molecular weight is 475 g/mol. The largest absolute Gasteiger partial charge is 0.462 e. The summed E-state index contributed by atoms with van der Waals surface area (Å²) >= 11 is 0. The van der Waals surface area contributed by atoms with Crippen molar-refractivity contribution >= 4 is 13.7 Å². The van der Waals surface area contributed by atoms with E-state index in [1.807, 2.05) is 13.8 Å². The van der Waals surface area contributed by atoms with E-state index in [1.165, 1.54) is 6.20 Å². The summed E-state index contributed by atoms with van der Waals surface area (Å²) < 4.78 is 36.3. The van der Waals surface area contributed by atoms with Crippen molar-refractivity contribution in [2.75, 3.05) is 13.2 Å². The Morgan fingerprint density at radius 2 is 2.00 bits per heavy atom. The Morgan fingerprint density at radius 3 is 2.62 bits per heavy atom. The second-order valence-corrected chi connectivity index (χ2v) is 10.4. The highest BCUT2D eigenvalue weighted by Crippen LogP contribution is 2.50. The molecule has 2 aliphatic heterocycles. The van der Waals surface area contributed by atoms with Gasteiger partial charge in [-0.05, 0) is 26.2 Å². The Balaban J connectivity index is 1.71. The third-order valence-corrected chi connectivity index (χ3v) is 6.76. The van der Waals surface area contributed by atoms with Crippen LogP contribution >= 0.6 is 7.75 Å². The molecular formula is C19H30N3O9P. The van der Waals surface area contributed by atoms with Gasteiger partial charge in [-0.15, -0.1) is 0 Å². The fourth-order valence-corrected chi connectivity index (χ4v) is 5.19. The maximum Gasteiger partial charge on any atom is 0.406 e. The summed E-state index contributed by atoms with van der Waals surface area (Å²) in [5.74, 6) is -1.11. The van der Waals surface area contributed by atoms with Crippen LogP contribution in [0.2, 0.25) is 0 Å². The Labute approximate surface area is 184 Å². The number of ether oxygens (including phenoxy) is 2. The van der Waals surface area contributed by atoms with Gasteiger partial charge in [-0.2, -0.15) is 0 Å². The molecule has 0 radical (unpaired) electrons. The minimum atomic E-state index is -3.91. The van der Waals surface area contributed by atoms with Crippen LogP contribution in [0.25, 0.3) is 0 Å². The third-order valence-electron chi connectivity index (χ3n) is 5.15. The molecule has 1 aromatic rings. The number of aliphatic hydroxyl groups excluding tert-OH is 1. The molecule has 12 nitrogen and oxygen atoms in total. The Morgan fingerprint density at radius 1 is 1.31 bits per heavy atom. The molecule has 1 unspecified atom stereocenters. The van der Waals surface area contributed by atoms with Crippen molar-refractivity contribution in [2.24, 2.45) is 11.8 Å². The van der Waals surface area contributed by atoms with Gasteiger partial charge in [0.05, 0.1) is 25.4 Å². The molecule has 0 spiro atoms. The zero-order valence-electron chi connectivity index (χ0n) is 18.4. The SMILES string of the molecule is CC(C)C[C@@H](NP1(=O)OC[C@H]2[C@@H](O)[C@H](n3ccc(=O)[nH]c3=O)O[C@@H]2CO1)C(=O)OC(C)C. The van der Waals surface area contributed by atoms with Crippen molar-refractivity contribution in [3.8, 4) is 0 Å². The van der Waals surface area contributed by atoms with E-state index >= 15 is 0 Å². The standard InChI is InChI=1S/C19H30N3O9P/c1-10(2)7-13(18(25)30-11(3)4)21-32(27)28-8-12-14(9-29-32)31-17(16(12)24)22-6-5-15(23)20-19(22)26/h5-6,10-14,16-17,24H,7-9H2,1-4H3,(H,21,27)(H,20,23,26)/t12-,13-,14-,16-,17-,32?/m1/s1. The Hall–Kier alpha value is -1.82. The van der Waals surface area contributed by atoms with Crippen LogP contribution in [0.5, 0.6) is 0 Å². The van der Waals surface area contributed by atoms with Crippen LogP contribution in [0.15, 0.2) is 21.9 Å². The molecule has 3 N–H and O–H groups in total. The molecule has 2 aliphatic rings. The number of H-pyrrole nitrogens is 1. The normalized spacial score (nSPS) is 31.3. The minimum absolute atomic E-state index is 0.103. The predicted molar refractivity (Wildman–Crippen MR) is 112 cm³/mol. The molecule has 2 fully saturated rings. The lowest BCUT2D eigenvalue weighted by Gasteiger charge is -2.25.